The fourth-order valence-corrected chi connectivity index (χ4v) is 4.90. The molecule has 0 aromatic heterocycles. The van der Waals surface area contributed by atoms with Gasteiger partial charge in [0.25, 0.3) is 0 Å². The number of hydrogen-bond acceptors (Lipinski definition) is 2. The van der Waals surface area contributed by atoms with E-state index in [0.29, 0.717) is 6.42 Å². The summed E-state index contributed by atoms with van der Waals surface area (Å²) in [6.45, 7) is 4.32. The summed E-state index contributed by atoms with van der Waals surface area (Å²) < 4.78 is 13.6. The summed E-state index contributed by atoms with van der Waals surface area (Å²) in [5.74, 6) is -0.571. The van der Waals surface area contributed by atoms with Crippen LogP contribution in [0.1, 0.15) is 53.5 Å². The Bertz CT molecular complexity index is 1170. The lowest BCUT2D eigenvalue weighted by Crippen LogP contribution is -2.52. The maximum atomic E-state index is 13.8. The number of nitrogens with zero attached hydrogens (tertiary/aromatic N) is 1. The average Bonchev–Trinajstić information content (AvgIpc) is 3.38. The molecule has 0 heterocycles. The smallest absolute Gasteiger partial charge is 0.243 e. The van der Waals surface area contributed by atoms with Crippen LogP contribution in [0.2, 0.25) is 0 Å². The highest BCUT2D eigenvalue weighted by atomic mass is 19.1. The molecule has 1 N–H and O–H groups in total. The van der Waals surface area contributed by atoms with E-state index in [-0.39, 0.29) is 36.6 Å². The van der Waals surface area contributed by atoms with Crippen molar-refractivity contribution in [3.05, 3.63) is 106 Å². The molecule has 4 rings (SSSR count). The summed E-state index contributed by atoms with van der Waals surface area (Å²) in [4.78, 5) is 29.2. The number of carbonyl (C=O) groups excluding carboxylic acids is 2. The number of nitrogens with one attached hydrogen (secondary N) is 1. The molecule has 188 valence electrons. The normalized spacial score (nSPS) is 14.4. The van der Waals surface area contributed by atoms with E-state index in [0.717, 1.165) is 47.9 Å². The van der Waals surface area contributed by atoms with Gasteiger partial charge in [0.2, 0.25) is 11.8 Å². The van der Waals surface area contributed by atoms with Crippen LogP contribution in [0.5, 0.6) is 0 Å². The van der Waals surface area contributed by atoms with E-state index in [1.54, 1.807) is 17.0 Å². The Kier molecular flexibility index (Phi) is 8.52. The number of hydrogen-bond donors (Lipinski definition) is 1. The van der Waals surface area contributed by atoms with Gasteiger partial charge in [0.05, 0.1) is 6.42 Å². The molecule has 5 heteroatoms. The number of aryl methyl sites for hydroxylation is 2. The second kappa shape index (κ2) is 12.0. The van der Waals surface area contributed by atoms with E-state index in [4.69, 9.17) is 0 Å². The van der Waals surface area contributed by atoms with Crippen molar-refractivity contribution in [2.45, 2.75) is 71.0 Å². The van der Waals surface area contributed by atoms with Crippen molar-refractivity contribution < 1.29 is 14.0 Å². The van der Waals surface area contributed by atoms with Gasteiger partial charge in [-0.05, 0) is 66.6 Å². The summed E-state index contributed by atoms with van der Waals surface area (Å²) in [6.07, 6.45) is 4.78. The Morgan fingerprint density at radius 3 is 2.22 bits per heavy atom. The zero-order valence-corrected chi connectivity index (χ0v) is 21.2. The second-order valence-electron chi connectivity index (χ2n) is 9.94. The van der Waals surface area contributed by atoms with Crippen LogP contribution in [0.15, 0.2) is 72.8 Å². The van der Waals surface area contributed by atoms with Gasteiger partial charge >= 0.3 is 0 Å². The molecule has 1 aliphatic carbocycles. The van der Waals surface area contributed by atoms with Crippen LogP contribution < -0.4 is 5.32 Å². The van der Waals surface area contributed by atoms with Crippen molar-refractivity contribution in [2.24, 2.45) is 0 Å². The molecule has 0 saturated heterocycles. The van der Waals surface area contributed by atoms with Crippen molar-refractivity contribution in [1.29, 1.82) is 0 Å². The Labute approximate surface area is 213 Å². The summed E-state index contributed by atoms with van der Waals surface area (Å²) in [6, 6.07) is 21.5. The van der Waals surface area contributed by atoms with E-state index in [9.17, 15) is 14.0 Å². The van der Waals surface area contributed by atoms with Crippen LogP contribution in [-0.4, -0.2) is 28.8 Å². The fourth-order valence-electron chi connectivity index (χ4n) is 4.90. The topological polar surface area (TPSA) is 49.4 Å². The zero-order chi connectivity index (χ0) is 25.5. The molecule has 36 heavy (non-hydrogen) atoms. The molecule has 1 saturated carbocycles. The van der Waals surface area contributed by atoms with Gasteiger partial charge in [-0.3, -0.25) is 9.59 Å². The quantitative estimate of drug-likeness (QED) is 0.423. The second-order valence-corrected chi connectivity index (χ2v) is 9.94. The Morgan fingerprint density at radius 1 is 0.889 bits per heavy atom. The molecule has 3 aromatic carbocycles. The van der Waals surface area contributed by atoms with Gasteiger partial charge in [0, 0.05) is 19.0 Å². The number of amides is 2. The summed E-state index contributed by atoms with van der Waals surface area (Å²) in [5.41, 5.74) is 5.00. The van der Waals surface area contributed by atoms with Gasteiger partial charge in [0.15, 0.2) is 0 Å². The fraction of sp³-hybridized carbons (Fsp3) is 0.355. The Morgan fingerprint density at radius 2 is 1.56 bits per heavy atom. The first-order chi connectivity index (χ1) is 17.4. The molecule has 0 bridgehead atoms. The first-order valence-electron chi connectivity index (χ1n) is 12.8. The van der Waals surface area contributed by atoms with E-state index in [1.807, 2.05) is 62.4 Å². The molecule has 0 unspecified atom stereocenters. The minimum Gasteiger partial charge on any atom is -0.352 e. The molecule has 4 nitrogen and oxygen atoms in total. The molecular weight excluding hydrogens is 451 g/mol. The van der Waals surface area contributed by atoms with Crippen molar-refractivity contribution in [2.75, 3.05) is 0 Å². The number of halogens is 1. The van der Waals surface area contributed by atoms with Gasteiger partial charge in [-0.25, -0.2) is 4.39 Å². The minimum atomic E-state index is -0.669. The third kappa shape index (κ3) is 6.81. The predicted molar refractivity (Wildman–Crippen MR) is 141 cm³/mol. The van der Waals surface area contributed by atoms with Crippen LogP contribution in [0, 0.1) is 19.7 Å². The molecule has 1 fully saturated rings. The summed E-state index contributed by atoms with van der Waals surface area (Å²) in [5, 5.41) is 3.22. The lowest BCUT2D eigenvalue weighted by molar-refractivity contribution is -0.141. The molecule has 1 aliphatic rings. The molecule has 1 atom stereocenters. The number of carbonyl (C=O) groups is 2. The molecule has 0 radical (unpaired) electrons. The van der Waals surface area contributed by atoms with E-state index < -0.39 is 6.04 Å². The van der Waals surface area contributed by atoms with Gasteiger partial charge in [-0.15, -0.1) is 0 Å². The molecule has 0 aliphatic heterocycles. The van der Waals surface area contributed by atoms with Crippen molar-refractivity contribution >= 4 is 11.8 Å². The third-order valence-corrected chi connectivity index (χ3v) is 7.17. The van der Waals surface area contributed by atoms with Crippen LogP contribution in [-0.2, 0) is 29.0 Å². The summed E-state index contributed by atoms with van der Waals surface area (Å²) in [7, 11) is 0. The maximum absolute atomic E-state index is 13.8. The van der Waals surface area contributed by atoms with Gasteiger partial charge < -0.3 is 10.2 Å². The largest absolute Gasteiger partial charge is 0.352 e. The first-order valence-corrected chi connectivity index (χ1v) is 12.8. The lowest BCUT2D eigenvalue weighted by Gasteiger charge is -2.32. The van der Waals surface area contributed by atoms with Gasteiger partial charge in [-0.2, -0.15) is 0 Å². The highest BCUT2D eigenvalue weighted by molar-refractivity contribution is 5.89. The standard InChI is InChI=1S/C31H35FN2O2/c1-22-12-13-26(18-23(22)2)20-30(35)34(21-25-14-16-27(32)17-15-25)29(19-24-8-4-3-5-9-24)31(36)33-28-10-6-7-11-28/h3-5,8-9,12-18,28-29H,6-7,10-11,19-21H2,1-2H3,(H,33,36)/t29-/m0/s1. The highest BCUT2D eigenvalue weighted by Crippen LogP contribution is 2.21. The SMILES string of the molecule is Cc1ccc(CC(=O)N(Cc2ccc(F)cc2)[C@@H](Cc2ccccc2)C(=O)NC2CCCC2)cc1C. The van der Waals surface area contributed by atoms with Crippen LogP contribution in [0.25, 0.3) is 0 Å². The van der Waals surface area contributed by atoms with Crippen molar-refractivity contribution in [1.82, 2.24) is 10.2 Å². The van der Waals surface area contributed by atoms with E-state index in [2.05, 4.69) is 5.32 Å². The molecular formula is C31H35FN2O2. The number of rotatable bonds is 9. The van der Waals surface area contributed by atoms with Crippen LogP contribution in [0.3, 0.4) is 0 Å². The van der Waals surface area contributed by atoms with E-state index in [1.165, 1.54) is 17.7 Å². The highest BCUT2D eigenvalue weighted by Gasteiger charge is 2.32. The number of benzene rings is 3. The molecule has 3 aromatic rings. The first kappa shape index (κ1) is 25.6. The van der Waals surface area contributed by atoms with Crippen molar-refractivity contribution in [3.63, 3.8) is 0 Å². The van der Waals surface area contributed by atoms with E-state index >= 15 is 0 Å². The minimum absolute atomic E-state index is 0.120. The third-order valence-electron chi connectivity index (χ3n) is 7.17. The van der Waals surface area contributed by atoms with Gasteiger partial charge in [0.1, 0.15) is 11.9 Å². The molecule has 0 spiro atoms. The summed E-state index contributed by atoms with van der Waals surface area (Å²) >= 11 is 0. The average molecular weight is 487 g/mol. The monoisotopic (exact) mass is 486 g/mol. The Hall–Kier alpha value is -3.47. The lowest BCUT2D eigenvalue weighted by atomic mass is 10.00. The predicted octanol–water partition coefficient (Wildman–Crippen LogP) is 5.68. The maximum Gasteiger partial charge on any atom is 0.243 e. The van der Waals surface area contributed by atoms with Gasteiger partial charge in [-0.1, -0.05) is 73.5 Å². The van der Waals surface area contributed by atoms with Crippen molar-refractivity contribution in [3.8, 4) is 0 Å². The van der Waals surface area contributed by atoms with Crippen LogP contribution >= 0.6 is 0 Å². The zero-order valence-electron chi connectivity index (χ0n) is 21.2. The molecule has 2 amide bonds. The van der Waals surface area contributed by atoms with Crippen LogP contribution in [0.4, 0.5) is 4.39 Å². The Balaban J connectivity index is 1.66.